The minimum Gasteiger partial charge on any atom is -0.386 e. The van der Waals surface area contributed by atoms with Crippen LogP contribution in [0.1, 0.15) is 29.1 Å². The minimum atomic E-state index is -0.977. The lowest BCUT2D eigenvalue weighted by molar-refractivity contribution is -0.00106. The molecule has 2 aromatic heterocycles. The van der Waals surface area contributed by atoms with Gasteiger partial charge in [-0.25, -0.2) is 4.98 Å². The van der Waals surface area contributed by atoms with Gasteiger partial charge in [-0.3, -0.25) is 4.79 Å². The maximum Gasteiger partial charge on any atom is 0.292 e. The first-order chi connectivity index (χ1) is 11.5. The molecule has 1 saturated heterocycles. The molecule has 0 bridgehead atoms. The summed E-state index contributed by atoms with van der Waals surface area (Å²) in [4.78, 5) is 20.3. The third-order valence-electron chi connectivity index (χ3n) is 4.25. The van der Waals surface area contributed by atoms with Crippen molar-refractivity contribution in [2.24, 2.45) is 0 Å². The third-order valence-corrected chi connectivity index (χ3v) is 4.25. The van der Waals surface area contributed by atoms with Crippen molar-refractivity contribution in [3.63, 3.8) is 0 Å². The number of hydrogen-bond acceptors (Lipinski definition) is 6. The summed E-state index contributed by atoms with van der Waals surface area (Å²) in [5, 5.41) is 14.7. The first-order valence-electron chi connectivity index (χ1n) is 8.04. The number of rotatable bonds is 4. The second-order valence-electron chi connectivity index (χ2n) is 6.43. The van der Waals surface area contributed by atoms with E-state index in [0.717, 1.165) is 18.8 Å². The van der Waals surface area contributed by atoms with Gasteiger partial charge >= 0.3 is 0 Å². The predicted molar refractivity (Wildman–Crippen MR) is 88.8 cm³/mol. The molecule has 1 aliphatic heterocycles. The monoisotopic (exact) mass is 330 g/mol. The van der Waals surface area contributed by atoms with Crippen LogP contribution >= 0.6 is 0 Å². The number of amides is 1. The van der Waals surface area contributed by atoms with Crippen LogP contribution in [0.5, 0.6) is 0 Å². The Hall–Kier alpha value is -2.41. The number of pyridine rings is 1. The molecule has 1 aliphatic rings. The molecule has 7 heteroatoms. The first kappa shape index (κ1) is 16.4. The first-order valence-corrected chi connectivity index (χ1v) is 8.04. The van der Waals surface area contributed by atoms with Crippen LogP contribution in [0.15, 0.2) is 35.0 Å². The second kappa shape index (κ2) is 6.60. The number of nitrogens with zero attached hydrogens (tertiary/aromatic N) is 4. The van der Waals surface area contributed by atoms with E-state index in [2.05, 4.69) is 15.0 Å². The smallest absolute Gasteiger partial charge is 0.292 e. The van der Waals surface area contributed by atoms with Crippen molar-refractivity contribution in [2.75, 3.05) is 31.6 Å². The molecule has 2 aromatic rings. The number of aliphatic hydroxyl groups is 1. The lowest BCUT2D eigenvalue weighted by atomic mass is 9.92. The molecule has 24 heavy (non-hydrogen) atoms. The lowest BCUT2D eigenvalue weighted by Crippen LogP contribution is -2.54. The summed E-state index contributed by atoms with van der Waals surface area (Å²) in [5.74, 6) is 0.755. The Kier molecular flexibility index (Phi) is 4.53. The fourth-order valence-electron chi connectivity index (χ4n) is 3.14. The van der Waals surface area contributed by atoms with E-state index in [-0.39, 0.29) is 18.2 Å². The van der Waals surface area contributed by atoms with Crippen LogP contribution < -0.4 is 4.90 Å². The zero-order valence-electron chi connectivity index (χ0n) is 14.0. The Bertz CT molecular complexity index is 703. The summed E-state index contributed by atoms with van der Waals surface area (Å²) in [6.07, 6.45) is 3.23. The molecule has 0 radical (unpaired) electrons. The van der Waals surface area contributed by atoms with Gasteiger partial charge in [-0.2, -0.15) is 0 Å². The Morgan fingerprint density at radius 3 is 3.00 bits per heavy atom. The van der Waals surface area contributed by atoms with Crippen molar-refractivity contribution >= 4 is 11.7 Å². The number of aryl methyl sites for hydroxylation is 1. The van der Waals surface area contributed by atoms with Crippen molar-refractivity contribution < 1.29 is 14.4 Å². The number of piperidine rings is 1. The van der Waals surface area contributed by atoms with Crippen molar-refractivity contribution in [1.82, 2.24) is 15.0 Å². The topological polar surface area (TPSA) is 82.7 Å². The average Bonchev–Trinajstić information content (AvgIpc) is 3.01. The molecule has 0 aromatic carbocycles. The zero-order chi connectivity index (χ0) is 17.2. The van der Waals surface area contributed by atoms with Gasteiger partial charge in [0.2, 0.25) is 5.76 Å². The van der Waals surface area contributed by atoms with Crippen molar-refractivity contribution in [2.45, 2.75) is 25.4 Å². The number of likely N-dealkylation sites (N-methyl/N-ethyl adjacent to an activating group) is 1. The summed E-state index contributed by atoms with van der Waals surface area (Å²) in [5.41, 5.74) is -0.320. The predicted octanol–water partition coefficient (Wildman–Crippen LogP) is 1.48. The molecule has 1 unspecified atom stereocenters. The maximum atomic E-state index is 12.4. The van der Waals surface area contributed by atoms with Crippen LogP contribution in [0.4, 0.5) is 5.82 Å². The molecule has 0 aliphatic carbocycles. The highest BCUT2D eigenvalue weighted by Gasteiger charge is 2.36. The summed E-state index contributed by atoms with van der Waals surface area (Å²) in [6.45, 7) is 3.28. The third kappa shape index (κ3) is 3.56. The van der Waals surface area contributed by atoms with Gasteiger partial charge in [0.25, 0.3) is 5.91 Å². The van der Waals surface area contributed by atoms with Crippen LogP contribution in [0, 0.1) is 6.92 Å². The van der Waals surface area contributed by atoms with E-state index >= 15 is 0 Å². The molecule has 1 atom stereocenters. The summed E-state index contributed by atoms with van der Waals surface area (Å²) in [6, 6.07) is 7.32. The van der Waals surface area contributed by atoms with Crippen LogP contribution in [-0.2, 0) is 0 Å². The van der Waals surface area contributed by atoms with Gasteiger partial charge in [0.1, 0.15) is 5.82 Å². The Morgan fingerprint density at radius 2 is 2.33 bits per heavy atom. The van der Waals surface area contributed by atoms with Crippen LogP contribution in [0.3, 0.4) is 0 Å². The van der Waals surface area contributed by atoms with Crippen molar-refractivity contribution in [1.29, 1.82) is 0 Å². The highest BCUT2D eigenvalue weighted by atomic mass is 16.5. The Morgan fingerprint density at radius 1 is 1.50 bits per heavy atom. The van der Waals surface area contributed by atoms with Gasteiger partial charge in [-0.15, -0.1) is 0 Å². The van der Waals surface area contributed by atoms with E-state index in [4.69, 9.17) is 4.52 Å². The van der Waals surface area contributed by atoms with Gasteiger partial charge in [0.15, 0.2) is 0 Å². The summed E-state index contributed by atoms with van der Waals surface area (Å²) in [7, 11) is 1.66. The van der Waals surface area contributed by atoms with E-state index in [9.17, 15) is 9.90 Å². The number of hydrogen-bond donors (Lipinski definition) is 1. The normalized spacial score (nSPS) is 20.9. The fourth-order valence-corrected chi connectivity index (χ4v) is 3.14. The summed E-state index contributed by atoms with van der Waals surface area (Å²) < 4.78 is 5.02. The van der Waals surface area contributed by atoms with Crippen LogP contribution in [-0.4, -0.2) is 58.3 Å². The van der Waals surface area contributed by atoms with Crippen molar-refractivity contribution in [3.05, 3.63) is 41.9 Å². The fraction of sp³-hybridized carbons (Fsp3) is 0.471. The van der Waals surface area contributed by atoms with Gasteiger partial charge < -0.3 is 19.4 Å². The minimum absolute atomic E-state index is 0.191. The van der Waals surface area contributed by atoms with E-state index in [0.29, 0.717) is 18.7 Å². The van der Waals surface area contributed by atoms with Gasteiger partial charge in [0, 0.05) is 32.4 Å². The largest absolute Gasteiger partial charge is 0.386 e. The van der Waals surface area contributed by atoms with E-state index in [1.54, 1.807) is 26.2 Å². The van der Waals surface area contributed by atoms with Gasteiger partial charge in [0.05, 0.1) is 17.8 Å². The molecule has 1 amide bonds. The molecule has 0 spiro atoms. The van der Waals surface area contributed by atoms with E-state index in [1.165, 1.54) is 4.90 Å². The van der Waals surface area contributed by atoms with Crippen molar-refractivity contribution in [3.8, 4) is 0 Å². The standard InChI is InChI=1S/C17H22N4O3/c1-13-10-14(24-19-13)16(22)20(2)11-17(23)7-5-9-21(12-17)15-6-3-4-8-18-15/h3-4,6,8,10,23H,5,7,9,11-12H2,1-2H3. The number of aromatic nitrogens is 2. The number of carbonyl (C=O) groups is 1. The Balaban J connectivity index is 1.67. The maximum absolute atomic E-state index is 12.4. The van der Waals surface area contributed by atoms with E-state index < -0.39 is 5.60 Å². The molecule has 128 valence electrons. The molecular formula is C17H22N4O3. The van der Waals surface area contributed by atoms with Gasteiger partial charge in [-0.05, 0) is 31.9 Å². The second-order valence-corrected chi connectivity index (χ2v) is 6.43. The van der Waals surface area contributed by atoms with Crippen LogP contribution in [0.2, 0.25) is 0 Å². The number of carbonyl (C=O) groups excluding carboxylic acids is 1. The molecule has 7 nitrogen and oxygen atoms in total. The SMILES string of the molecule is Cc1cc(C(=O)N(C)CC2(O)CCCN(c3ccccn3)C2)on1. The lowest BCUT2D eigenvalue weighted by Gasteiger charge is -2.41. The molecule has 1 N–H and O–H groups in total. The van der Waals surface area contributed by atoms with Crippen LogP contribution in [0.25, 0.3) is 0 Å². The molecule has 3 rings (SSSR count). The highest BCUT2D eigenvalue weighted by molar-refractivity contribution is 5.91. The zero-order valence-corrected chi connectivity index (χ0v) is 14.0. The average molecular weight is 330 g/mol. The quantitative estimate of drug-likeness (QED) is 0.914. The highest BCUT2D eigenvalue weighted by Crippen LogP contribution is 2.25. The molecule has 0 saturated carbocycles. The number of β-amino-alcohol motifs (C(OH)–C–C–N with tert-alkyl or cyclic N) is 1. The molecular weight excluding hydrogens is 308 g/mol. The molecule has 3 heterocycles. The van der Waals surface area contributed by atoms with E-state index in [1.807, 2.05) is 18.2 Å². The molecule has 1 fully saturated rings. The Labute approximate surface area is 140 Å². The number of anilines is 1. The summed E-state index contributed by atoms with van der Waals surface area (Å²) >= 11 is 0. The van der Waals surface area contributed by atoms with Gasteiger partial charge in [-0.1, -0.05) is 11.2 Å².